The quantitative estimate of drug-likeness (QED) is 0.299. The van der Waals surface area contributed by atoms with Crippen LogP contribution in [0, 0.1) is 0 Å². The van der Waals surface area contributed by atoms with E-state index in [0.29, 0.717) is 28.6 Å². The number of aryl methyl sites for hydroxylation is 1. The number of nitrogens with zero attached hydrogens (tertiary/aromatic N) is 2. The number of aromatic nitrogens is 2. The van der Waals surface area contributed by atoms with Gasteiger partial charge in [0.2, 0.25) is 10.0 Å². The lowest BCUT2D eigenvalue weighted by Crippen LogP contribution is -2.15. The Morgan fingerprint density at radius 1 is 1.03 bits per heavy atom. The maximum atomic E-state index is 13.3. The van der Waals surface area contributed by atoms with E-state index in [2.05, 4.69) is 4.98 Å². The first-order chi connectivity index (χ1) is 16.4. The highest BCUT2D eigenvalue weighted by molar-refractivity contribution is 7.90. The molecule has 0 spiro atoms. The lowest BCUT2D eigenvalue weighted by molar-refractivity contribution is 0.355. The zero-order chi connectivity index (χ0) is 24.1. The second kappa shape index (κ2) is 10.3. The van der Waals surface area contributed by atoms with E-state index in [1.807, 2.05) is 48.5 Å². The molecule has 0 saturated heterocycles. The van der Waals surface area contributed by atoms with Gasteiger partial charge in [-0.2, -0.15) is 0 Å². The molecule has 4 rings (SSSR count). The minimum atomic E-state index is -3.74. The van der Waals surface area contributed by atoms with Gasteiger partial charge in [-0.3, -0.25) is 0 Å². The van der Waals surface area contributed by atoms with E-state index in [4.69, 9.17) is 21.1 Å². The molecule has 8 heteroatoms. The molecule has 0 aliphatic heterocycles. The van der Waals surface area contributed by atoms with Gasteiger partial charge in [-0.1, -0.05) is 54.1 Å². The summed E-state index contributed by atoms with van der Waals surface area (Å²) in [6.45, 7) is 0. The first-order valence-corrected chi connectivity index (χ1v) is 12.7. The maximum Gasteiger partial charge on any atom is 0.243 e. The Morgan fingerprint density at radius 3 is 2.53 bits per heavy atom. The van der Waals surface area contributed by atoms with Crippen LogP contribution in [0.5, 0.6) is 11.5 Å². The molecule has 6 nitrogen and oxygen atoms in total. The van der Waals surface area contributed by atoms with Crippen LogP contribution >= 0.6 is 11.6 Å². The van der Waals surface area contributed by atoms with Gasteiger partial charge in [-0.25, -0.2) is 17.4 Å². The van der Waals surface area contributed by atoms with Crippen LogP contribution in [-0.4, -0.2) is 37.3 Å². The number of fused-ring (bicyclic) bond motifs is 1. The summed E-state index contributed by atoms with van der Waals surface area (Å²) >= 11 is 6.35. The Labute approximate surface area is 204 Å². The third-order valence-electron chi connectivity index (χ3n) is 5.54. The predicted molar refractivity (Wildman–Crippen MR) is 136 cm³/mol. The molecule has 0 unspecified atom stereocenters. The van der Waals surface area contributed by atoms with Crippen molar-refractivity contribution in [1.82, 2.24) is 8.96 Å². The van der Waals surface area contributed by atoms with Crippen molar-refractivity contribution in [3.63, 3.8) is 0 Å². The fraction of sp³-hybridized carbons (Fsp3) is 0.192. The van der Waals surface area contributed by atoms with Crippen LogP contribution in [0.3, 0.4) is 0 Å². The topological polar surface area (TPSA) is 70.4 Å². The van der Waals surface area contributed by atoms with Crippen LogP contribution in [-0.2, 0) is 16.4 Å². The van der Waals surface area contributed by atoms with Gasteiger partial charge in [0.1, 0.15) is 0 Å². The molecule has 0 aliphatic carbocycles. The summed E-state index contributed by atoms with van der Waals surface area (Å²) in [6.07, 6.45) is 6.05. The number of hydrogen-bond donors (Lipinski definition) is 0. The van der Waals surface area contributed by atoms with E-state index < -0.39 is 10.0 Å². The lowest BCUT2D eigenvalue weighted by atomic mass is 10.1. The highest BCUT2D eigenvalue weighted by atomic mass is 35.5. The largest absolute Gasteiger partial charge is 0.493 e. The maximum absolute atomic E-state index is 13.3. The normalized spacial score (nSPS) is 12.1. The second-order valence-corrected chi connectivity index (χ2v) is 10.1. The Kier molecular flexibility index (Phi) is 7.24. The van der Waals surface area contributed by atoms with E-state index >= 15 is 0 Å². The molecule has 0 atom stereocenters. The van der Waals surface area contributed by atoms with Crippen LogP contribution < -0.4 is 9.47 Å². The van der Waals surface area contributed by atoms with E-state index in [1.165, 1.54) is 3.97 Å². The van der Waals surface area contributed by atoms with E-state index in [0.717, 1.165) is 28.5 Å². The van der Waals surface area contributed by atoms with Gasteiger partial charge >= 0.3 is 0 Å². The Morgan fingerprint density at radius 2 is 1.79 bits per heavy atom. The molecule has 2 aromatic heterocycles. The summed E-state index contributed by atoms with van der Waals surface area (Å²) in [4.78, 5) is 4.35. The van der Waals surface area contributed by atoms with Gasteiger partial charge in [-0.05, 0) is 48.2 Å². The molecule has 0 radical (unpaired) electrons. The molecule has 4 aromatic rings. The molecular weight excluding hydrogens is 472 g/mol. The third-order valence-corrected chi connectivity index (χ3v) is 7.35. The van der Waals surface area contributed by atoms with Crippen molar-refractivity contribution >= 4 is 32.7 Å². The predicted octanol–water partition coefficient (Wildman–Crippen LogP) is 5.65. The van der Waals surface area contributed by atoms with Crippen LogP contribution in [0.1, 0.15) is 12.0 Å². The van der Waals surface area contributed by atoms with Crippen molar-refractivity contribution in [3.05, 3.63) is 89.7 Å². The van der Waals surface area contributed by atoms with Crippen LogP contribution in [0.15, 0.2) is 84.2 Å². The third kappa shape index (κ3) is 5.11. The number of hydrogen-bond acceptors (Lipinski definition) is 5. The van der Waals surface area contributed by atoms with Crippen molar-refractivity contribution in [2.24, 2.45) is 0 Å². The number of benzene rings is 2. The van der Waals surface area contributed by atoms with Gasteiger partial charge in [0.25, 0.3) is 0 Å². The lowest BCUT2D eigenvalue weighted by Gasteiger charge is -2.09. The van der Waals surface area contributed by atoms with Crippen molar-refractivity contribution in [3.8, 4) is 22.6 Å². The molecule has 176 valence electrons. The molecular formula is C26H25ClN2O4S. The Bertz CT molecular complexity index is 1430. The summed E-state index contributed by atoms with van der Waals surface area (Å²) in [5.74, 6) is 0.920. The van der Waals surface area contributed by atoms with Gasteiger partial charge < -0.3 is 9.47 Å². The van der Waals surface area contributed by atoms with Gasteiger partial charge in [-0.15, -0.1) is 0 Å². The Balaban J connectivity index is 1.64. The second-order valence-electron chi connectivity index (χ2n) is 7.70. The summed E-state index contributed by atoms with van der Waals surface area (Å²) < 4.78 is 38.5. The van der Waals surface area contributed by atoms with Gasteiger partial charge in [0, 0.05) is 28.4 Å². The smallest absolute Gasteiger partial charge is 0.243 e. The van der Waals surface area contributed by atoms with Crippen molar-refractivity contribution in [2.45, 2.75) is 12.8 Å². The monoisotopic (exact) mass is 496 g/mol. The minimum absolute atomic E-state index is 0.230. The summed E-state index contributed by atoms with van der Waals surface area (Å²) in [5.41, 5.74) is 3.03. The fourth-order valence-corrected chi connectivity index (χ4v) is 5.27. The molecule has 0 bridgehead atoms. The molecule has 34 heavy (non-hydrogen) atoms. The fourth-order valence-electron chi connectivity index (χ4n) is 3.76. The van der Waals surface area contributed by atoms with E-state index in [-0.39, 0.29) is 5.75 Å². The average Bonchev–Trinajstić information content (AvgIpc) is 3.27. The van der Waals surface area contributed by atoms with Crippen LogP contribution in [0.2, 0.25) is 0 Å². The first-order valence-electron chi connectivity index (χ1n) is 10.7. The number of halogens is 1. The van der Waals surface area contributed by atoms with Crippen molar-refractivity contribution in [2.75, 3.05) is 20.0 Å². The van der Waals surface area contributed by atoms with Crippen molar-refractivity contribution < 1.29 is 17.9 Å². The number of pyridine rings is 1. The molecule has 0 amide bonds. The Hall–Kier alpha value is -3.29. The average molecular weight is 497 g/mol. The highest BCUT2D eigenvalue weighted by Crippen LogP contribution is 2.36. The first kappa shape index (κ1) is 23.9. The zero-order valence-electron chi connectivity index (χ0n) is 18.9. The molecule has 2 aromatic carbocycles. The molecule has 0 saturated carbocycles. The van der Waals surface area contributed by atoms with Gasteiger partial charge in [0.15, 0.2) is 17.1 Å². The number of methoxy groups -OCH3 is 2. The molecule has 0 N–H and O–H groups in total. The minimum Gasteiger partial charge on any atom is -0.493 e. The van der Waals surface area contributed by atoms with Crippen molar-refractivity contribution in [1.29, 1.82) is 0 Å². The molecule has 2 heterocycles. The summed E-state index contributed by atoms with van der Waals surface area (Å²) in [5, 5.41) is 1.23. The number of ether oxygens (including phenoxy) is 2. The molecule has 0 fully saturated rings. The zero-order valence-corrected chi connectivity index (χ0v) is 20.5. The summed E-state index contributed by atoms with van der Waals surface area (Å²) in [6, 6.07) is 19.0. The van der Waals surface area contributed by atoms with E-state index in [1.54, 1.807) is 44.8 Å². The number of rotatable bonds is 9. The van der Waals surface area contributed by atoms with Crippen LogP contribution in [0.4, 0.5) is 0 Å². The van der Waals surface area contributed by atoms with Crippen LogP contribution in [0.25, 0.3) is 22.2 Å². The van der Waals surface area contributed by atoms with E-state index in [9.17, 15) is 8.42 Å². The molecule has 0 aliphatic rings. The summed E-state index contributed by atoms with van der Waals surface area (Å²) in [7, 11) is -0.615. The van der Waals surface area contributed by atoms with Gasteiger partial charge in [0.05, 0.1) is 20.0 Å². The standard InChI is InChI=1S/C26H25ClN2O4S/c1-32-24-13-11-20(17-25(24)33-2)23-18-29(26-22(23)9-6-15-28-26)34(30,31)16-14-21(27)12-10-19-7-4-3-5-8-19/h3-9,11,13-15,17-18H,10,12,16H2,1-2H3. The number of allylic oxidation sites excluding steroid dienone is 1. The SMILES string of the molecule is COc1ccc(-c2cn(S(=O)(=O)CC=C(Cl)CCc3ccccc3)c3ncccc23)cc1OC. The highest BCUT2D eigenvalue weighted by Gasteiger charge is 2.20.